The van der Waals surface area contributed by atoms with Gasteiger partial charge in [-0.2, -0.15) is 5.10 Å². The van der Waals surface area contributed by atoms with E-state index in [4.69, 9.17) is 4.42 Å². The number of fused-ring (bicyclic) bond motifs is 1. The molecule has 0 radical (unpaired) electrons. The molecule has 1 saturated heterocycles. The van der Waals surface area contributed by atoms with Crippen molar-refractivity contribution in [1.82, 2.24) is 30.1 Å². The Morgan fingerprint density at radius 3 is 2.57 bits per heavy atom. The summed E-state index contributed by atoms with van der Waals surface area (Å²) >= 11 is 0. The second-order valence-corrected chi connectivity index (χ2v) is 7.33. The number of nitrogens with zero attached hydrogens (tertiary/aromatic N) is 4. The van der Waals surface area contributed by atoms with Crippen LogP contribution in [0.5, 0.6) is 0 Å². The predicted molar refractivity (Wildman–Crippen MR) is 107 cm³/mol. The van der Waals surface area contributed by atoms with Crippen molar-refractivity contribution < 1.29 is 4.42 Å². The maximum atomic E-state index is 12.3. The van der Waals surface area contributed by atoms with Gasteiger partial charge in [0.25, 0.3) is 11.4 Å². The van der Waals surface area contributed by atoms with Gasteiger partial charge < -0.3 is 14.7 Å². The second kappa shape index (κ2) is 8.26. The largest absolute Gasteiger partial charge is 0.420 e. The minimum Gasteiger partial charge on any atom is -0.420 e. The molecule has 2 aliphatic rings. The minimum absolute atomic E-state index is 0.122. The SMILES string of the molecule is CC.O=c1cc(C2CCNCC2)n2ncc(-c3nnc(C4CCCC4)o3)c2[nH]1. The molecule has 0 spiro atoms. The molecular weight excluding hydrogens is 356 g/mol. The molecule has 0 amide bonds. The Hall–Kier alpha value is -2.48. The molecule has 4 heterocycles. The molecule has 8 heteroatoms. The van der Waals surface area contributed by atoms with E-state index in [0.717, 1.165) is 44.5 Å². The molecule has 8 nitrogen and oxygen atoms in total. The highest BCUT2D eigenvalue weighted by molar-refractivity contribution is 5.70. The normalized spacial score (nSPS) is 18.4. The number of rotatable bonds is 3. The molecule has 5 rings (SSSR count). The molecule has 2 N–H and O–H groups in total. The van der Waals surface area contributed by atoms with Crippen molar-refractivity contribution in [3.8, 4) is 11.5 Å². The molecule has 28 heavy (non-hydrogen) atoms. The first-order chi connectivity index (χ1) is 13.8. The van der Waals surface area contributed by atoms with Crippen LogP contribution < -0.4 is 10.9 Å². The van der Waals surface area contributed by atoms with Crippen LogP contribution in [0.3, 0.4) is 0 Å². The highest BCUT2D eigenvalue weighted by atomic mass is 16.4. The van der Waals surface area contributed by atoms with E-state index in [0.29, 0.717) is 34.8 Å². The first-order valence-corrected chi connectivity index (χ1v) is 10.4. The van der Waals surface area contributed by atoms with Gasteiger partial charge in [-0.05, 0) is 38.8 Å². The molecule has 0 atom stereocenters. The highest BCUT2D eigenvalue weighted by Crippen LogP contribution is 2.35. The molecule has 0 unspecified atom stereocenters. The third-order valence-corrected chi connectivity index (χ3v) is 5.67. The predicted octanol–water partition coefficient (Wildman–Crippen LogP) is 3.22. The van der Waals surface area contributed by atoms with Gasteiger partial charge in [-0.15, -0.1) is 10.2 Å². The van der Waals surface area contributed by atoms with Crippen LogP contribution in [-0.2, 0) is 0 Å². The summed E-state index contributed by atoms with van der Waals surface area (Å²) in [5.74, 6) is 1.82. The fraction of sp³-hybridized carbons (Fsp3) is 0.600. The summed E-state index contributed by atoms with van der Waals surface area (Å²) in [6.45, 7) is 5.92. The topological polar surface area (TPSA) is 101 Å². The summed E-state index contributed by atoms with van der Waals surface area (Å²) in [5.41, 5.74) is 2.15. The number of aromatic amines is 1. The van der Waals surface area contributed by atoms with Crippen LogP contribution in [-0.4, -0.2) is 37.9 Å². The Labute approximate surface area is 163 Å². The van der Waals surface area contributed by atoms with Gasteiger partial charge in [0.2, 0.25) is 5.89 Å². The number of hydrogen-bond acceptors (Lipinski definition) is 6. The number of piperidine rings is 1. The lowest BCUT2D eigenvalue weighted by Gasteiger charge is -2.23. The van der Waals surface area contributed by atoms with Gasteiger partial charge in [-0.3, -0.25) is 4.79 Å². The van der Waals surface area contributed by atoms with Crippen molar-refractivity contribution in [1.29, 1.82) is 0 Å². The Balaban J connectivity index is 0.000000932. The fourth-order valence-corrected chi connectivity index (χ4v) is 4.26. The van der Waals surface area contributed by atoms with Crippen molar-refractivity contribution in [2.24, 2.45) is 0 Å². The molecule has 0 bridgehead atoms. The molecule has 0 aromatic carbocycles. The average Bonchev–Trinajstić information content (AvgIpc) is 3.49. The lowest BCUT2D eigenvalue weighted by atomic mass is 9.94. The summed E-state index contributed by atoms with van der Waals surface area (Å²) in [6.07, 6.45) is 8.35. The van der Waals surface area contributed by atoms with Gasteiger partial charge in [0, 0.05) is 17.9 Å². The smallest absolute Gasteiger partial charge is 0.253 e. The van der Waals surface area contributed by atoms with Crippen LogP contribution in [0.1, 0.15) is 75.8 Å². The Bertz CT molecular complexity index is 976. The van der Waals surface area contributed by atoms with Crippen LogP contribution in [0.15, 0.2) is 21.5 Å². The number of aromatic nitrogens is 5. The van der Waals surface area contributed by atoms with Crippen molar-refractivity contribution >= 4 is 5.65 Å². The molecular formula is C20H28N6O2. The van der Waals surface area contributed by atoms with E-state index in [2.05, 4.69) is 25.6 Å². The monoisotopic (exact) mass is 384 g/mol. The van der Waals surface area contributed by atoms with Gasteiger partial charge in [-0.25, -0.2) is 4.52 Å². The maximum absolute atomic E-state index is 12.3. The second-order valence-electron chi connectivity index (χ2n) is 7.33. The Morgan fingerprint density at radius 1 is 1.07 bits per heavy atom. The van der Waals surface area contributed by atoms with Crippen LogP contribution in [0.4, 0.5) is 0 Å². The van der Waals surface area contributed by atoms with E-state index >= 15 is 0 Å². The minimum atomic E-state index is -0.122. The molecule has 150 valence electrons. The van der Waals surface area contributed by atoms with Crippen LogP contribution in [0, 0.1) is 0 Å². The molecule has 1 saturated carbocycles. The van der Waals surface area contributed by atoms with Crippen LogP contribution >= 0.6 is 0 Å². The molecule has 1 aliphatic carbocycles. The summed E-state index contributed by atoms with van der Waals surface area (Å²) in [7, 11) is 0. The van der Waals surface area contributed by atoms with E-state index in [1.165, 1.54) is 12.8 Å². The molecule has 3 aromatic heterocycles. The Kier molecular flexibility index (Phi) is 5.57. The highest BCUT2D eigenvalue weighted by Gasteiger charge is 2.25. The quantitative estimate of drug-likeness (QED) is 0.719. The lowest BCUT2D eigenvalue weighted by Crippen LogP contribution is -2.28. The van der Waals surface area contributed by atoms with E-state index in [1.807, 2.05) is 18.4 Å². The molecule has 3 aromatic rings. The zero-order valence-electron chi connectivity index (χ0n) is 16.6. The number of H-pyrrole nitrogens is 1. The van der Waals surface area contributed by atoms with E-state index in [9.17, 15) is 4.79 Å². The van der Waals surface area contributed by atoms with Gasteiger partial charge in [0.05, 0.1) is 11.9 Å². The molecule has 2 fully saturated rings. The van der Waals surface area contributed by atoms with Gasteiger partial charge >= 0.3 is 0 Å². The zero-order chi connectivity index (χ0) is 19.5. The lowest BCUT2D eigenvalue weighted by molar-refractivity contribution is 0.446. The summed E-state index contributed by atoms with van der Waals surface area (Å²) in [4.78, 5) is 15.2. The van der Waals surface area contributed by atoms with Crippen LogP contribution in [0.25, 0.3) is 17.1 Å². The third-order valence-electron chi connectivity index (χ3n) is 5.67. The molecule has 1 aliphatic heterocycles. The van der Waals surface area contributed by atoms with Crippen molar-refractivity contribution in [2.75, 3.05) is 13.1 Å². The van der Waals surface area contributed by atoms with Gasteiger partial charge in [0.1, 0.15) is 11.2 Å². The number of nitrogens with one attached hydrogen (secondary N) is 2. The first kappa shape index (κ1) is 18.9. The Morgan fingerprint density at radius 2 is 1.82 bits per heavy atom. The summed E-state index contributed by atoms with van der Waals surface area (Å²) in [6, 6.07) is 1.66. The summed E-state index contributed by atoms with van der Waals surface area (Å²) in [5, 5.41) is 16.3. The fourth-order valence-electron chi connectivity index (χ4n) is 4.26. The first-order valence-electron chi connectivity index (χ1n) is 10.4. The van der Waals surface area contributed by atoms with Crippen molar-refractivity contribution in [3.05, 3.63) is 34.2 Å². The maximum Gasteiger partial charge on any atom is 0.253 e. The van der Waals surface area contributed by atoms with Crippen molar-refractivity contribution in [3.63, 3.8) is 0 Å². The summed E-state index contributed by atoms with van der Waals surface area (Å²) < 4.78 is 7.76. The van der Waals surface area contributed by atoms with Crippen LogP contribution in [0.2, 0.25) is 0 Å². The third kappa shape index (κ3) is 3.48. The van der Waals surface area contributed by atoms with Crippen molar-refractivity contribution in [2.45, 2.75) is 64.2 Å². The van der Waals surface area contributed by atoms with Gasteiger partial charge in [-0.1, -0.05) is 26.7 Å². The average molecular weight is 384 g/mol. The van der Waals surface area contributed by atoms with E-state index in [-0.39, 0.29) is 5.56 Å². The van der Waals surface area contributed by atoms with E-state index in [1.54, 1.807) is 12.3 Å². The zero-order valence-corrected chi connectivity index (χ0v) is 16.6. The number of hydrogen-bond donors (Lipinski definition) is 2. The van der Waals surface area contributed by atoms with E-state index < -0.39 is 0 Å². The standard InChI is InChI=1S/C18H22N6O2.C2H6/c25-15-9-14(11-5-7-19-8-6-11)24-16(21-15)13(10-20-24)18-23-22-17(26-18)12-3-1-2-4-12;1-2/h9-12,19H,1-8H2,(H,21,25);1-2H3. The van der Waals surface area contributed by atoms with Gasteiger partial charge in [0.15, 0.2) is 0 Å².